The summed E-state index contributed by atoms with van der Waals surface area (Å²) in [7, 11) is 1.65. The zero-order chi connectivity index (χ0) is 28.8. The van der Waals surface area contributed by atoms with Crippen molar-refractivity contribution in [3.63, 3.8) is 0 Å². The number of aliphatic hydroxyl groups excluding tert-OH is 1. The number of nitrogens with zero attached hydrogens (tertiary/aromatic N) is 2. The van der Waals surface area contributed by atoms with Crippen molar-refractivity contribution in [2.24, 2.45) is 5.92 Å². The highest BCUT2D eigenvalue weighted by Gasteiger charge is 2.38. The van der Waals surface area contributed by atoms with Crippen molar-refractivity contribution in [1.29, 1.82) is 0 Å². The molecule has 41 heavy (non-hydrogen) atoms. The van der Waals surface area contributed by atoms with Gasteiger partial charge in [0.1, 0.15) is 23.3 Å². The molecule has 0 aliphatic carbocycles. The highest BCUT2D eigenvalue weighted by molar-refractivity contribution is 5.60. The lowest BCUT2D eigenvalue weighted by Crippen LogP contribution is -2.40. The van der Waals surface area contributed by atoms with E-state index in [0.717, 1.165) is 40.8 Å². The van der Waals surface area contributed by atoms with Crippen molar-refractivity contribution in [1.82, 2.24) is 9.55 Å². The van der Waals surface area contributed by atoms with Crippen LogP contribution in [-0.2, 0) is 16.7 Å². The molecule has 1 aliphatic heterocycles. The molecule has 3 aromatic carbocycles. The van der Waals surface area contributed by atoms with Crippen LogP contribution in [0.2, 0.25) is 0 Å². The van der Waals surface area contributed by atoms with E-state index in [1.54, 1.807) is 11.7 Å². The van der Waals surface area contributed by atoms with Gasteiger partial charge in [-0.1, -0.05) is 86.6 Å². The van der Waals surface area contributed by atoms with Crippen molar-refractivity contribution in [2.75, 3.05) is 19.0 Å². The number of anilines is 1. The molecule has 2 heterocycles. The molecule has 7 heteroatoms. The number of hydrogen-bond acceptors (Lipinski definition) is 6. The maximum Gasteiger partial charge on any atom is 0.351 e. The van der Waals surface area contributed by atoms with Crippen LogP contribution in [0.25, 0.3) is 0 Å². The van der Waals surface area contributed by atoms with Crippen molar-refractivity contribution in [3.8, 4) is 5.75 Å². The lowest BCUT2D eigenvalue weighted by atomic mass is 9.77. The molecule has 2 N–H and O–H groups in total. The minimum Gasteiger partial charge on any atom is -0.497 e. The van der Waals surface area contributed by atoms with Crippen molar-refractivity contribution >= 4 is 5.82 Å². The van der Waals surface area contributed by atoms with Crippen LogP contribution in [-0.4, -0.2) is 34.5 Å². The molecule has 4 aromatic rings. The fourth-order valence-electron chi connectivity index (χ4n) is 5.93. The van der Waals surface area contributed by atoms with Gasteiger partial charge in [0, 0.05) is 18.4 Å². The van der Waals surface area contributed by atoms with Gasteiger partial charge in [-0.3, -0.25) is 4.57 Å². The Labute approximate surface area is 241 Å². The van der Waals surface area contributed by atoms with E-state index in [9.17, 15) is 9.90 Å². The first-order valence-electron chi connectivity index (χ1n) is 14.4. The number of rotatable bonds is 11. The second-order valence-corrected chi connectivity index (χ2v) is 10.7. The van der Waals surface area contributed by atoms with Crippen LogP contribution >= 0.6 is 0 Å². The average molecular weight is 554 g/mol. The molecule has 0 saturated carbocycles. The Balaban J connectivity index is 1.69. The molecule has 214 valence electrons. The minimum atomic E-state index is -0.875. The van der Waals surface area contributed by atoms with Crippen molar-refractivity contribution < 1.29 is 14.6 Å². The van der Waals surface area contributed by atoms with Crippen LogP contribution in [0.3, 0.4) is 0 Å². The predicted molar refractivity (Wildman–Crippen MR) is 161 cm³/mol. The van der Waals surface area contributed by atoms with Crippen LogP contribution in [0.5, 0.6) is 5.75 Å². The first kappa shape index (κ1) is 28.6. The normalized spacial score (nSPS) is 18.8. The Morgan fingerprint density at radius 2 is 1.61 bits per heavy atom. The Morgan fingerprint density at radius 3 is 2.15 bits per heavy atom. The molecular weight excluding hydrogens is 514 g/mol. The fraction of sp³-hybridized carbons (Fsp3) is 0.353. The summed E-state index contributed by atoms with van der Waals surface area (Å²) in [6.45, 7) is 4.31. The summed E-state index contributed by atoms with van der Waals surface area (Å²) in [5.41, 5.74) is 2.57. The number of aliphatic hydroxyl groups is 1. The van der Waals surface area contributed by atoms with Crippen LogP contribution in [0.4, 0.5) is 5.82 Å². The van der Waals surface area contributed by atoms with Crippen LogP contribution in [0.1, 0.15) is 61.6 Å². The van der Waals surface area contributed by atoms with Gasteiger partial charge in [0.2, 0.25) is 0 Å². The lowest BCUT2D eigenvalue weighted by molar-refractivity contribution is -0.00761. The number of aromatic nitrogens is 2. The topological polar surface area (TPSA) is 85.6 Å². The standard InChI is InChI=1S/C34H39N3O4/c1-4-30-24(2)22-31(41-30)37-23-25(12-11-21-38)32(35-33(37)39)36-34(26-13-7-5-8-14-26,27-15-9-6-10-16-27)28-17-19-29(40-3)20-18-28/h5-10,13-20,23-24,30-31,38H,4,11-12,21-22H2,1-3H3,(H,35,36,39)/t24-,30+,31?/m0/s1. The summed E-state index contributed by atoms with van der Waals surface area (Å²) in [5, 5.41) is 13.5. The first-order chi connectivity index (χ1) is 20.0. The number of benzene rings is 3. The zero-order valence-electron chi connectivity index (χ0n) is 24.0. The number of methoxy groups -OCH3 is 1. The van der Waals surface area contributed by atoms with Gasteiger partial charge in [0.25, 0.3) is 0 Å². The summed E-state index contributed by atoms with van der Waals surface area (Å²) < 4.78 is 13.4. The Hall–Kier alpha value is -3.94. The molecule has 5 rings (SSSR count). The molecule has 0 bridgehead atoms. The van der Waals surface area contributed by atoms with E-state index in [1.165, 1.54) is 0 Å². The van der Waals surface area contributed by atoms with E-state index < -0.39 is 5.54 Å². The molecule has 3 atom stereocenters. The number of hydrogen-bond donors (Lipinski definition) is 2. The highest BCUT2D eigenvalue weighted by Crippen LogP contribution is 2.41. The van der Waals surface area contributed by atoms with Gasteiger partial charge < -0.3 is 19.9 Å². The average Bonchev–Trinajstić information content (AvgIpc) is 3.40. The quantitative estimate of drug-likeness (QED) is 0.225. The third-order valence-corrected chi connectivity index (χ3v) is 8.13. The first-order valence-corrected chi connectivity index (χ1v) is 14.4. The summed E-state index contributed by atoms with van der Waals surface area (Å²) in [5.74, 6) is 1.60. The summed E-state index contributed by atoms with van der Waals surface area (Å²) in [6, 6.07) is 28.3. The molecule has 0 spiro atoms. The summed E-state index contributed by atoms with van der Waals surface area (Å²) in [4.78, 5) is 18.3. The molecule has 0 radical (unpaired) electrons. The maximum absolute atomic E-state index is 13.6. The minimum absolute atomic E-state index is 0.0361. The van der Waals surface area contributed by atoms with Gasteiger partial charge in [-0.15, -0.1) is 0 Å². The molecule has 1 aromatic heterocycles. The molecular formula is C34H39N3O4. The molecule has 7 nitrogen and oxygen atoms in total. The van der Waals surface area contributed by atoms with Gasteiger partial charge in [0.15, 0.2) is 0 Å². The SMILES string of the molecule is CC[C@H]1OC(n2cc(CCCO)c(NC(c3ccccc3)(c3ccccc3)c3ccc(OC)cc3)nc2=O)C[C@@H]1C. The number of aryl methyl sites for hydroxylation is 1. The van der Waals surface area contributed by atoms with Gasteiger partial charge in [-0.25, -0.2) is 4.79 Å². The van der Waals surface area contributed by atoms with E-state index in [4.69, 9.17) is 9.47 Å². The fourth-order valence-corrected chi connectivity index (χ4v) is 5.93. The zero-order valence-corrected chi connectivity index (χ0v) is 24.0. The van der Waals surface area contributed by atoms with Gasteiger partial charge in [-0.2, -0.15) is 4.98 Å². The molecule has 1 unspecified atom stereocenters. The number of ether oxygens (including phenoxy) is 2. The molecule has 1 aliphatic rings. The second kappa shape index (κ2) is 12.7. The molecule has 0 amide bonds. The van der Waals surface area contributed by atoms with E-state index >= 15 is 0 Å². The van der Waals surface area contributed by atoms with E-state index in [0.29, 0.717) is 24.6 Å². The third-order valence-electron chi connectivity index (χ3n) is 8.13. The Morgan fingerprint density at radius 1 is 1.00 bits per heavy atom. The summed E-state index contributed by atoms with van der Waals surface area (Å²) >= 11 is 0. The lowest BCUT2D eigenvalue weighted by Gasteiger charge is -2.38. The van der Waals surface area contributed by atoms with Crippen LogP contribution < -0.4 is 15.7 Å². The monoisotopic (exact) mass is 553 g/mol. The largest absolute Gasteiger partial charge is 0.497 e. The maximum atomic E-state index is 13.6. The second-order valence-electron chi connectivity index (χ2n) is 10.7. The van der Waals surface area contributed by atoms with Crippen molar-refractivity contribution in [3.05, 3.63) is 124 Å². The molecule has 1 fully saturated rings. The van der Waals surface area contributed by atoms with Gasteiger partial charge >= 0.3 is 5.69 Å². The number of nitrogens with one attached hydrogen (secondary N) is 1. The summed E-state index contributed by atoms with van der Waals surface area (Å²) in [6.07, 6.45) is 4.38. The van der Waals surface area contributed by atoms with Crippen molar-refractivity contribution in [2.45, 2.75) is 57.4 Å². The Bertz CT molecular complexity index is 1430. The predicted octanol–water partition coefficient (Wildman–Crippen LogP) is 5.91. The molecule has 1 saturated heterocycles. The van der Waals surface area contributed by atoms with Crippen LogP contribution in [0, 0.1) is 5.92 Å². The van der Waals surface area contributed by atoms with E-state index in [1.807, 2.05) is 66.9 Å². The Kier molecular flexibility index (Phi) is 8.86. The van der Waals surface area contributed by atoms with Gasteiger partial charge in [0.05, 0.1) is 13.2 Å². The van der Waals surface area contributed by atoms with E-state index in [-0.39, 0.29) is 24.6 Å². The smallest absolute Gasteiger partial charge is 0.351 e. The van der Waals surface area contributed by atoms with Crippen LogP contribution in [0.15, 0.2) is 95.9 Å². The van der Waals surface area contributed by atoms with E-state index in [2.05, 4.69) is 48.4 Å². The third kappa shape index (κ3) is 5.78. The van der Waals surface area contributed by atoms with Gasteiger partial charge in [-0.05, 0) is 60.4 Å². The highest BCUT2D eigenvalue weighted by atomic mass is 16.5.